The molecule has 3 aromatic rings. The molecule has 0 fully saturated rings. The molecule has 8 heteroatoms. The zero-order valence-electron chi connectivity index (χ0n) is 14.2. The van der Waals surface area contributed by atoms with Gasteiger partial charge in [0.2, 0.25) is 0 Å². The van der Waals surface area contributed by atoms with Crippen LogP contribution in [0.2, 0.25) is 0 Å². The third-order valence-electron chi connectivity index (χ3n) is 3.79. The van der Waals surface area contributed by atoms with E-state index in [0.29, 0.717) is 11.3 Å². The van der Waals surface area contributed by atoms with Crippen LogP contribution in [-0.2, 0) is 10.0 Å². The first-order valence-electron chi connectivity index (χ1n) is 7.72. The fourth-order valence-electron chi connectivity index (χ4n) is 2.36. The van der Waals surface area contributed by atoms with Gasteiger partial charge in [-0.1, -0.05) is 17.7 Å². The number of nitrogens with zero attached hydrogens (tertiary/aromatic N) is 1. The number of benzene rings is 2. The summed E-state index contributed by atoms with van der Waals surface area (Å²) in [5.41, 5.74) is 1.41. The molecule has 0 radical (unpaired) electrons. The summed E-state index contributed by atoms with van der Waals surface area (Å²) >= 11 is 0. The number of hydrazone groups is 1. The highest BCUT2D eigenvalue weighted by molar-refractivity contribution is 7.89. The van der Waals surface area contributed by atoms with Gasteiger partial charge in [0.1, 0.15) is 5.75 Å². The minimum absolute atomic E-state index is 0.0970. The van der Waals surface area contributed by atoms with Gasteiger partial charge in [0.15, 0.2) is 0 Å². The molecule has 3 rings (SSSR count). The summed E-state index contributed by atoms with van der Waals surface area (Å²) in [6, 6.07) is 13.3. The van der Waals surface area contributed by atoms with Crippen molar-refractivity contribution in [3.8, 4) is 5.75 Å². The molecule has 26 heavy (non-hydrogen) atoms. The second kappa shape index (κ2) is 7.01. The number of methoxy groups -OCH3 is 1. The predicted octanol–water partition coefficient (Wildman–Crippen LogP) is 2.16. The number of fused-ring (bicyclic) bond motifs is 1. The Balaban J connectivity index is 1.85. The van der Waals surface area contributed by atoms with E-state index in [1.807, 2.05) is 6.92 Å². The Bertz CT molecular complexity index is 1130. The highest BCUT2D eigenvalue weighted by Crippen LogP contribution is 2.18. The highest BCUT2D eigenvalue weighted by atomic mass is 32.2. The number of rotatable bonds is 5. The summed E-state index contributed by atoms with van der Waals surface area (Å²) in [5.74, 6) is 0.625. The van der Waals surface area contributed by atoms with Crippen LogP contribution in [0.1, 0.15) is 11.1 Å². The van der Waals surface area contributed by atoms with Gasteiger partial charge in [0.05, 0.1) is 29.3 Å². The monoisotopic (exact) mass is 371 g/mol. The normalized spacial score (nSPS) is 11.8. The molecule has 0 atom stereocenters. The average Bonchev–Trinajstić information content (AvgIpc) is 2.62. The fourth-order valence-corrected chi connectivity index (χ4v) is 3.15. The molecule has 0 unspecified atom stereocenters. The molecule has 0 bridgehead atoms. The number of aromatic nitrogens is 1. The van der Waals surface area contributed by atoms with E-state index < -0.39 is 10.0 Å². The van der Waals surface area contributed by atoms with Gasteiger partial charge < -0.3 is 9.72 Å². The Labute approximate surface area is 150 Å². The van der Waals surface area contributed by atoms with Gasteiger partial charge in [-0.3, -0.25) is 4.79 Å². The van der Waals surface area contributed by atoms with Gasteiger partial charge in [-0.25, -0.2) is 4.83 Å². The van der Waals surface area contributed by atoms with E-state index in [-0.39, 0.29) is 16.0 Å². The molecule has 7 nitrogen and oxygen atoms in total. The Morgan fingerprint density at radius 1 is 1.12 bits per heavy atom. The Kier molecular flexibility index (Phi) is 4.77. The average molecular weight is 371 g/mol. The zero-order valence-corrected chi connectivity index (χ0v) is 15.0. The Morgan fingerprint density at radius 2 is 1.85 bits per heavy atom. The van der Waals surface area contributed by atoms with Gasteiger partial charge in [0, 0.05) is 6.07 Å². The van der Waals surface area contributed by atoms with Crippen molar-refractivity contribution in [2.75, 3.05) is 7.11 Å². The molecule has 0 saturated heterocycles. The highest BCUT2D eigenvalue weighted by Gasteiger charge is 2.12. The molecule has 0 amide bonds. The standard InChI is InChI=1S/C18H17N3O4S/c1-12-3-7-16(8-4-12)26(23,24)21-19-11-14-9-13-5-6-15(25-2)10-17(13)20-18(14)22/h3-11,21H,1-2H3,(H,20,22)/b19-11+. The predicted molar refractivity (Wildman–Crippen MR) is 100 cm³/mol. The summed E-state index contributed by atoms with van der Waals surface area (Å²) in [6.07, 6.45) is 1.17. The van der Waals surface area contributed by atoms with E-state index in [4.69, 9.17) is 4.74 Å². The van der Waals surface area contributed by atoms with Crippen molar-refractivity contribution in [1.29, 1.82) is 0 Å². The van der Waals surface area contributed by atoms with Crippen LogP contribution in [0.25, 0.3) is 10.9 Å². The van der Waals surface area contributed by atoms with Crippen LogP contribution in [0.15, 0.2) is 63.3 Å². The molecule has 0 saturated carbocycles. The number of hydrogen-bond acceptors (Lipinski definition) is 5. The first-order valence-corrected chi connectivity index (χ1v) is 9.20. The van der Waals surface area contributed by atoms with Crippen molar-refractivity contribution in [3.05, 3.63) is 70.0 Å². The molecule has 0 spiro atoms. The molecule has 2 aromatic carbocycles. The summed E-state index contributed by atoms with van der Waals surface area (Å²) in [7, 11) is -2.25. The summed E-state index contributed by atoms with van der Waals surface area (Å²) in [6.45, 7) is 1.86. The largest absolute Gasteiger partial charge is 0.497 e. The summed E-state index contributed by atoms with van der Waals surface area (Å²) in [4.78, 5) is 17.0. The van der Waals surface area contributed by atoms with Gasteiger partial charge in [-0.15, -0.1) is 0 Å². The van der Waals surface area contributed by atoms with Crippen molar-refractivity contribution in [2.24, 2.45) is 5.10 Å². The molecule has 1 heterocycles. The summed E-state index contributed by atoms with van der Waals surface area (Å²) < 4.78 is 29.5. The van der Waals surface area contributed by atoms with E-state index in [9.17, 15) is 13.2 Å². The maximum absolute atomic E-state index is 12.2. The molecule has 2 N–H and O–H groups in total. The number of nitrogens with one attached hydrogen (secondary N) is 2. The third-order valence-corrected chi connectivity index (χ3v) is 5.03. The van der Waals surface area contributed by atoms with Gasteiger partial charge in [0.25, 0.3) is 15.6 Å². The number of sulfonamides is 1. The maximum atomic E-state index is 12.2. The van der Waals surface area contributed by atoms with Crippen LogP contribution < -0.4 is 15.1 Å². The molecule has 1 aromatic heterocycles. The van der Waals surface area contributed by atoms with E-state index in [1.165, 1.54) is 18.3 Å². The van der Waals surface area contributed by atoms with Gasteiger partial charge in [-0.05, 0) is 42.6 Å². The quantitative estimate of drug-likeness (QED) is 0.530. The molecule has 134 valence electrons. The number of pyridine rings is 1. The lowest BCUT2D eigenvalue weighted by atomic mass is 10.1. The van der Waals surface area contributed by atoms with Crippen molar-refractivity contribution in [2.45, 2.75) is 11.8 Å². The van der Waals surface area contributed by atoms with Gasteiger partial charge in [-0.2, -0.15) is 13.5 Å². The van der Waals surface area contributed by atoms with E-state index in [2.05, 4.69) is 14.9 Å². The van der Waals surface area contributed by atoms with E-state index in [0.717, 1.165) is 10.9 Å². The molecule has 0 aliphatic carbocycles. The van der Waals surface area contributed by atoms with Gasteiger partial charge >= 0.3 is 0 Å². The van der Waals surface area contributed by atoms with Crippen LogP contribution in [0.4, 0.5) is 0 Å². The topological polar surface area (TPSA) is 101 Å². The Morgan fingerprint density at radius 3 is 2.54 bits per heavy atom. The molecule has 0 aliphatic rings. The lowest BCUT2D eigenvalue weighted by molar-refractivity contribution is 0.415. The first-order chi connectivity index (χ1) is 12.4. The van der Waals surface area contributed by atoms with E-state index in [1.54, 1.807) is 43.5 Å². The minimum atomic E-state index is -3.79. The lowest BCUT2D eigenvalue weighted by Crippen LogP contribution is -2.19. The van der Waals surface area contributed by atoms with Crippen LogP contribution in [0, 0.1) is 6.92 Å². The number of hydrogen-bond donors (Lipinski definition) is 2. The SMILES string of the molecule is COc1ccc2cc(/C=N/NS(=O)(=O)c3ccc(C)cc3)c(=O)[nH]c2c1. The van der Waals surface area contributed by atoms with E-state index >= 15 is 0 Å². The molecular weight excluding hydrogens is 354 g/mol. The second-order valence-electron chi connectivity index (χ2n) is 5.67. The fraction of sp³-hybridized carbons (Fsp3) is 0.111. The second-order valence-corrected chi connectivity index (χ2v) is 7.33. The number of aryl methyl sites for hydroxylation is 1. The molecular formula is C18H17N3O4S. The van der Waals surface area contributed by atoms with Crippen LogP contribution >= 0.6 is 0 Å². The zero-order chi connectivity index (χ0) is 18.7. The van der Waals surface area contributed by atoms with Crippen molar-refractivity contribution < 1.29 is 13.2 Å². The first kappa shape index (κ1) is 17.7. The van der Waals surface area contributed by atoms with Crippen LogP contribution in [0.3, 0.4) is 0 Å². The van der Waals surface area contributed by atoms with Crippen molar-refractivity contribution in [3.63, 3.8) is 0 Å². The maximum Gasteiger partial charge on any atom is 0.276 e. The lowest BCUT2D eigenvalue weighted by Gasteiger charge is -2.04. The van der Waals surface area contributed by atoms with Crippen LogP contribution in [-0.4, -0.2) is 26.7 Å². The van der Waals surface area contributed by atoms with Crippen LogP contribution in [0.5, 0.6) is 5.75 Å². The van der Waals surface area contributed by atoms with Crippen molar-refractivity contribution >= 4 is 27.1 Å². The third kappa shape index (κ3) is 3.75. The molecule has 0 aliphatic heterocycles. The minimum Gasteiger partial charge on any atom is -0.497 e. The number of aromatic amines is 1. The number of ether oxygens (including phenoxy) is 1. The smallest absolute Gasteiger partial charge is 0.276 e. The van der Waals surface area contributed by atoms with Crippen molar-refractivity contribution in [1.82, 2.24) is 9.82 Å². The number of H-pyrrole nitrogens is 1. The summed E-state index contributed by atoms with van der Waals surface area (Å²) in [5, 5.41) is 4.48. The Hall–Kier alpha value is -3.13.